The lowest BCUT2D eigenvalue weighted by Gasteiger charge is -2.20. The van der Waals surface area contributed by atoms with Crippen LogP contribution in [-0.4, -0.2) is 36.0 Å². The molecule has 118 valence electrons. The number of alkyl halides is 3. The molecule has 2 N–H and O–H groups in total. The minimum Gasteiger partial charge on any atom is -0.309 e. The van der Waals surface area contributed by atoms with E-state index < -0.39 is 27.6 Å². The summed E-state index contributed by atoms with van der Waals surface area (Å²) in [5.41, 5.74) is -1.06. The van der Waals surface area contributed by atoms with Gasteiger partial charge in [-0.15, -0.1) is 0 Å². The van der Waals surface area contributed by atoms with Crippen LogP contribution < -0.4 is 5.32 Å². The number of H-pyrrole nitrogens is 1. The lowest BCUT2D eigenvalue weighted by Crippen LogP contribution is -2.28. The van der Waals surface area contributed by atoms with Crippen molar-refractivity contribution in [2.45, 2.75) is 25.4 Å². The summed E-state index contributed by atoms with van der Waals surface area (Å²) < 4.78 is 59.9. The number of rotatable bonds is 3. The van der Waals surface area contributed by atoms with Crippen molar-refractivity contribution in [3.8, 4) is 0 Å². The summed E-state index contributed by atoms with van der Waals surface area (Å²) in [6.07, 6.45) is -3.50. The molecule has 0 aliphatic carbocycles. The third-order valence-corrected chi connectivity index (χ3v) is 5.07. The Morgan fingerprint density at radius 3 is 2.76 bits per heavy atom. The summed E-state index contributed by atoms with van der Waals surface area (Å²) >= 11 is 0. The van der Waals surface area contributed by atoms with Crippen molar-refractivity contribution in [1.29, 1.82) is 0 Å². The molecule has 1 unspecified atom stereocenters. The van der Waals surface area contributed by atoms with Gasteiger partial charge in [-0.1, -0.05) is 0 Å². The van der Waals surface area contributed by atoms with E-state index in [1.165, 1.54) is 0 Å². The minimum atomic E-state index is -4.56. The van der Waals surface area contributed by atoms with E-state index >= 15 is 0 Å². The largest absolute Gasteiger partial charge is 0.432 e. The predicted octanol–water partition coefficient (Wildman–Crippen LogP) is 1.58. The summed E-state index contributed by atoms with van der Waals surface area (Å²) in [5.74, 6) is -1.01. The van der Waals surface area contributed by atoms with E-state index in [1.807, 2.05) is 0 Å². The van der Waals surface area contributed by atoms with E-state index in [2.05, 4.69) is 10.4 Å². The molecule has 2 heterocycles. The molecule has 0 radical (unpaired) electrons. The van der Waals surface area contributed by atoms with E-state index in [9.17, 15) is 26.4 Å². The van der Waals surface area contributed by atoms with Crippen molar-refractivity contribution >= 4 is 21.6 Å². The molecule has 6 nitrogen and oxygen atoms in total. The van der Waals surface area contributed by atoms with Gasteiger partial charge in [0, 0.05) is 12.5 Å². The van der Waals surface area contributed by atoms with Crippen LogP contribution in [0.15, 0.2) is 6.07 Å². The normalized spacial score (nSPS) is 22.0. The van der Waals surface area contributed by atoms with Crippen LogP contribution in [0.5, 0.6) is 0 Å². The summed E-state index contributed by atoms with van der Waals surface area (Å²) in [7, 11) is -3.12. The van der Waals surface area contributed by atoms with Crippen LogP contribution in [0.3, 0.4) is 0 Å². The van der Waals surface area contributed by atoms with Crippen molar-refractivity contribution < 1.29 is 26.4 Å². The number of carbonyl (C=O) groups is 1. The van der Waals surface area contributed by atoms with Crippen molar-refractivity contribution in [2.24, 2.45) is 5.92 Å². The minimum absolute atomic E-state index is 0.0482. The third kappa shape index (κ3) is 4.45. The zero-order chi connectivity index (χ0) is 15.7. The van der Waals surface area contributed by atoms with Gasteiger partial charge in [-0.2, -0.15) is 18.3 Å². The van der Waals surface area contributed by atoms with Crippen LogP contribution in [0, 0.1) is 5.92 Å². The number of hydrogen-bond donors (Lipinski definition) is 2. The highest BCUT2D eigenvalue weighted by molar-refractivity contribution is 7.91. The quantitative estimate of drug-likeness (QED) is 0.882. The standard InChI is InChI=1S/C11H14F3N3O3S/c12-11(13,14)8-5-9(17-16-8)15-10(18)4-7-2-1-3-21(19,20)6-7/h5,7H,1-4,6H2,(H2,15,16,17,18). The number of halogens is 3. The molecule has 0 bridgehead atoms. The molecular formula is C11H14F3N3O3S. The summed E-state index contributed by atoms with van der Waals surface area (Å²) in [5, 5.41) is 7.36. The molecule has 0 spiro atoms. The molecule has 0 saturated carbocycles. The third-order valence-electron chi connectivity index (χ3n) is 3.18. The second-order valence-corrected chi connectivity index (χ2v) is 7.27. The number of aromatic nitrogens is 2. The second kappa shape index (κ2) is 5.66. The maximum Gasteiger partial charge on any atom is 0.432 e. The fraction of sp³-hybridized carbons (Fsp3) is 0.636. The number of nitrogens with zero attached hydrogens (tertiary/aromatic N) is 1. The van der Waals surface area contributed by atoms with Gasteiger partial charge in [0.15, 0.2) is 15.7 Å². The molecule has 2 rings (SSSR count). The van der Waals surface area contributed by atoms with Gasteiger partial charge in [0.25, 0.3) is 0 Å². The van der Waals surface area contributed by atoms with Crippen LogP contribution in [0.4, 0.5) is 19.0 Å². The van der Waals surface area contributed by atoms with Crippen LogP contribution in [0.25, 0.3) is 0 Å². The SMILES string of the molecule is O=C(CC1CCCS(=O)(=O)C1)Nc1cc(C(F)(F)F)[nH]n1. The van der Waals surface area contributed by atoms with Crippen LogP contribution in [0.2, 0.25) is 0 Å². The van der Waals surface area contributed by atoms with E-state index in [4.69, 9.17) is 0 Å². The fourth-order valence-electron chi connectivity index (χ4n) is 2.27. The molecule has 1 aromatic heterocycles. The molecule has 1 aliphatic rings. The Labute approximate surface area is 119 Å². The van der Waals surface area contributed by atoms with Crippen LogP contribution in [0.1, 0.15) is 25.0 Å². The first kappa shape index (κ1) is 15.8. The van der Waals surface area contributed by atoms with Gasteiger partial charge >= 0.3 is 6.18 Å². The maximum absolute atomic E-state index is 12.3. The molecule has 0 aromatic carbocycles. The van der Waals surface area contributed by atoms with Gasteiger partial charge in [-0.05, 0) is 18.8 Å². The van der Waals surface area contributed by atoms with Gasteiger partial charge in [-0.25, -0.2) is 8.42 Å². The van der Waals surface area contributed by atoms with Gasteiger partial charge in [-0.3, -0.25) is 9.89 Å². The molecule has 1 atom stereocenters. The Morgan fingerprint density at radius 1 is 1.48 bits per heavy atom. The lowest BCUT2D eigenvalue weighted by atomic mass is 10.0. The zero-order valence-corrected chi connectivity index (χ0v) is 11.7. The van der Waals surface area contributed by atoms with Crippen molar-refractivity contribution in [3.05, 3.63) is 11.8 Å². The number of nitrogens with one attached hydrogen (secondary N) is 2. The van der Waals surface area contributed by atoms with Crippen molar-refractivity contribution in [3.63, 3.8) is 0 Å². The van der Waals surface area contributed by atoms with E-state index in [0.717, 1.165) is 0 Å². The van der Waals surface area contributed by atoms with Crippen molar-refractivity contribution in [2.75, 3.05) is 16.8 Å². The average Bonchev–Trinajstić information content (AvgIpc) is 2.75. The van der Waals surface area contributed by atoms with Crippen molar-refractivity contribution in [1.82, 2.24) is 10.2 Å². The Morgan fingerprint density at radius 2 is 2.19 bits per heavy atom. The van der Waals surface area contributed by atoms with Gasteiger partial charge in [0.1, 0.15) is 5.69 Å². The Bertz CT molecular complexity index is 624. The highest BCUT2D eigenvalue weighted by Gasteiger charge is 2.33. The average molecular weight is 325 g/mol. The molecule has 1 aromatic rings. The Kier molecular flexibility index (Phi) is 4.26. The molecular weight excluding hydrogens is 311 g/mol. The molecule has 1 saturated heterocycles. The molecule has 1 fully saturated rings. The van der Waals surface area contributed by atoms with Crippen LogP contribution in [-0.2, 0) is 20.8 Å². The summed E-state index contributed by atoms with van der Waals surface area (Å²) in [6, 6.07) is 0.690. The Hall–Kier alpha value is -1.58. The summed E-state index contributed by atoms with van der Waals surface area (Å²) in [6.45, 7) is 0. The number of hydrogen-bond acceptors (Lipinski definition) is 4. The zero-order valence-electron chi connectivity index (χ0n) is 10.9. The molecule has 21 heavy (non-hydrogen) atoms. The first-order valence-corrected chi connectivity index (χ1v) is 8.11. The van der Waals surface area contributed by atoms with Crippen LogP contribution >= 0.6 is 0 Å². The number of aromatic amines is 1. The van der Waals surface area contributed by atoms with Gasteiger partial charge in [0.05, 0.1) is 11.5 Å². The smallest absolute Gasteiger partial charge is 0.309 e. The predicted molar refractivity (Wildman–Crippen MR) is 68.2 cm³/mol. The topological polar surface area (TPSA) is 91.9 Å². The van der Waals surface area contributed by atoms with E-state index in [0.29, 0.717) is 18.9 Å². The van der Waals surface area contributed by atoms with Gasteiger partial charge < -0.3 is 5.32 Å². The Balaban J connectivity index is 1.91. The first-order chi connectivity index (χ1) is 9.66. The molecule has 10 heteroatoms. The van der Waals surface area contributed by atoms with E-state index in [-0.39, 0.29) is 29.7 Å². The maximum atomic E-state index is 12.3. The van der Waals surface area contributed by atoms with Gasteiger partial charge in [0.2, 0.25) is 5.91 Å². The monoisotopic (exact) mass is 325 g/mol. The molecule has 1 amide bonds. The van der Waals surface area contributed by atoms with E-state index in [1.54, 1.807) is 5.10 Å². The molecule has 1 aliphatic heterocycles. The number of sulfone groups is 1. The number of anilines is 1. The fourth-order valence-corrected chi connectivity index (χ4v) is 4.04. The highest BCUT2D eigenvalue weighted by Crippen LogP contribution is 2.29. The second-order valence-electron chi connectivity index (χ2n) is 5.04. The summed E-state index contributed by atoms with van der Waals surface area (Å²) in [4.78, 5) is 11.7. The lowest BCUT2D eigenvalue weighted by molar-refractivity contribution is -0.141. The first-order valence-electron chi connectivity index (χ1n) is 6.28. The highest BCUT2D eigenvalue weighted by atomic mass is 32.2. The number of amides is 1. The number of carbonyl (C=O) groups excluding carboxylic acids is 1.